The number of halogens is 1. The molecule has 0 saturated heterocycles. The Morgan fingerprint density at radius 3 is 2.42 bits per heavy atom. The van der Waals surface area contributed by atoms with Crippen LogP contribution in [0.25, 0.3) is 11.3 Å². The molecular weight excluding hydrogens is 506 g/mol. The molecule has 1 amide bonds. The van der Waals surface area contributed by atoms with E-state index in [-0.39, 0.29) is 27.1 Å². The number of thioether (sulfide) groups is 1. The molecule has 9 nitrogen and oxygen atoms in total. The number of primary sulfonamides is 1. The van der Waals surface area contributed by atoms with Gasteiger partial charge in [0.15, 0.2) is 5.16 Å². The predicted molar refractivity (Wildman–Crippen MR) is 120 cm³/mol. The van der Waals surface area contributed by atoms with Crippen LogP contribution in [0.4, 0.5) is 5.69 Å². The molecule has 1 aromatic heterocycles. The Balaban J connectivity index is 1.74. The number of hydrogen-bond acceptors (Lipinski definition) is 7. The molecule has 31 heavy (non-hydrogen) atoms. The zero-order valence-corrected chi connectivity index (χ0v) is 18.8. The van der Waals surface area contributed by atoms with E-state index in [1.807, 2.05) is 6.07 Å². The SMILES string of the molecule is N#Cc1c(-c2ccc(Br)cc2)nc(SCC(=O)Nc2ccc(S(N)(=O)=O)cc2)[nH]c1=O. The van der Waals surface area contributed by atoms with Gasteiger partial charge in [-0.2, -0.15) is 5.26 Å². The summed E-state index contributed by atoms with van der Waals surface area (Å²) in [5.41, 5.74) is 0.477. The van der Waals surface area contributed by atoms with E-state index in [9.17, 15) is 23.3 Å². The minimum Gasteiger partial charge on any atom is -0.325 e. The van der Waals surface area contributed by atoms with Gasteiger partial charge in [-0.25, -0.2) is 18.5 Å². The van der Waals surface area contributed by atoms with Crippen LogP contribution in [0.3, 0.4) is 0 Å². The van der Waals surface area contributed by atoms with Gasteiger partial charge < -0.3 is 10.3 Å². The summed E-state index contributed by atoms with van der Waals surface area (Å²) in [5, 5.41) is 17.2. The highest BCUT2D eigenvalue weighted by Crippen LogP contribution is 2.24. The van der Waals surface area contributed by atoms with Gasteiger partial charge in [0, 0.05) is 15.7 Å². The van der Waals surface area contributed by atoms with E-state index in [1.54, 1.807) is 24.3 Å². The Kier molecular flexibility index (Phi) is 6.91. The lowest BCUT2D eigenvalue weighted by Gasteiger charge is -2.08. The van der Waals surface area contributed by atoms with Gasteiger partial charge in [0.1, 0.15) is 11.6 Å². The van der Waals surface area contributed by atoms with E-state index in [0.717, 1.165) is 16.2 Å². The van der Waals surface area contributed by atoms with Crippen LogP contribution in [0.1, 0.15) is 5.56 Å². The Morgan fingerprint density at radius 2 is 1.84 bits per heavy atom. The number of nitrogens with two attached hydrogens (primary N) is 1. The number of nitrogens with zero attached hydrogens (tertiary/aromatic N) is 2. The van der Waals surface area contributed by atoms with Crippen LogP contribution in [0, 0.1) is 11.3 Å². The lowest BCUT2D eigenvalue weighted by Crippen LogP contribution is -2.17. The van der Waals surface area contributed by atoms with E-state index < -0.39 is 21.5 Å². The maximum Gasteiger partial charge on any atom is 0.270 e. The van der Waals surface area contributed by atoms with Gasteiger partial charge in [-0.05, 0) is 36.4 Å². The Morgan fingerprint density at radius 1 is 1.19 bits per heavy atom. The number of benzene rings is 2. The summed E-state index contributed by atoms with van der Waals surface area (Å²) in [6, 6.07) is 14.2. The number of aromatic nitrogens is 2. The van der Waals surface area contributed by atoms with Crippen LogP contribution >= 0.6 is 27.7 Å². The van der Waals surface area contributed by atoms with Crippen molar-refractivity contribution in [3.05, 3.63) is 68.9 Å². The average molecular weight is 520 g/mol. The maximum absolute atomic E-state index is 12.3. The van der Waals surface area contributed by atoms with Crippen LogP contribution in [0.15, 0.2) is 67.9 Å². The van der Waals surface area contributed by atoms with Gasteiger partial charge in [-0.15, -0.1) is 0 Å². The van der Waals surface area contributed by atoms with Crippen LogP contribution in [-0.2, 0) is 14.8 Å². The third kappa shape index (κ3) is 5.80. The molecule has 0 fully saturated rings. The largest absolute Gasteiger partial charge is 0.325 e. The monoisotopic (exact) mass is 519 g/mol. The topological polar surface area (TPSA) is 159 Å². The van der Waals surface area contributed by atoms with E-state index in [0.29, 0.717) is 11.3 Å². The molecule has 0 aliphatic rings. The minimum atomic E-state index is -3.82. The molecule has 3 aromatic rings. The minimum absolute atomic E-state index is 0.0697. The summed E-state index contributed by atoms with van der Waals surface area (Å²) in [7, 11) is -3.82. The molecule has 4 N–H and O–H groups in total. The zero-order valence-electron chi connectivity index (χ0n) is 15.6. The van der Waals surface area contributed by atoms with Crippen molar-refractivity contribution < 1.29 is 13.2 Å². The van der Waals surface area contributed by atoms with Crippen molar-refractivity contribution in [1.82, 2.24) is 9.97 Å². The lowest BCUT2D eigenvalue weighted by atomic mass is 10.1. The molecule has 3 rings (SSSR count). The quantitative estimate of drug-likeness (QED) is 0.333. The Hall–Kier alpha value is -2.98. The number of H-pyrrole nitrogens is 1. The second kappa shape index (κ2) is 9.44. The highest BCUT2D eigenvalue weighted by atomic mass is 79.9. The number of nitriles is 1. The number of carbonyl (C=O) groups is 1. The number of sulfonamides is 1. The van der Waals surface area contributed by atoms with Crippen LogP contribution < -0.4 is 16.0 Å². The van der Waals surface area contributed by atoms with Gasteiger partial charge in [-0.3, -0.25) is 9.59 Å². The van der Waals surface area contributed by atoms with Crippen LogP contribution in [-0.4, -0.2) is 30.0 Å². The number of rotatable bonds is 6. The van der Waals surface area contributed by atoms with Crippen molar-refractivity contribution in [3.8, 4) is 17.3 Å². The third-order valence-corrected chi connectivity index (χ3v) is 6.26. The molecule has 1 heterocycles. The van der Waals surface area contributed by atoms with Crippen molar-refractivity contribution in [2.24, 2.45) is 5.14 Å². The normalized spacial score (nSPS) is 11.0. The van der Waals surface area contributed by atoms with Crippen molar-refractivity contribution >= 4 is 49.3 Å². The molecule has 2 aromatic carbocycles. The smallest absolute Gasteiger partial charge is 0.270 e. The van der Waals surface area contributed by atoms with E-state index >= 15 is 0 Å². The van der Waals surface area contributed by atoms with Gasteiger partial charge in [0.2, 0.25) is 15.9 Å². The molecule has 12 heteroatoms. The molecule has 0 aliphatic heterocycles. The highest BCUT2D eigenvalue weighted by molar-refractivity contribution is 9.10. The van der Waals surface area contributed by atoms with Gasteiger partial charge in [-0.1, -0.05) is 39.8 Å². The first-order chi connectivity index (χ1) is 14.7. The summed E-state index contributed by atoms with van der Waals surface area (Å²) in [5.74, 6) is -0.475. The number of hydrogen-bond donors (Lipinski definition) is 3. The van der Waals surface area contributed by atoms with Crippen LogP contribution in [0.2, 0.25) is 0 Å². The van der Waals surface area contributed by atoms with Gasteiger partial charge in [0.05, 0.1) is 16.3 Å². The molecule has 0 aliphatic carbocycles. The molecule has 0 spiro atoms. The Labute approximate surface area is 189 Å². The summed E-state index contributed by atoms with van der Waals surface area (Å²) in [6.07, 6.45) is 0. The average Bonchev–Trinajstić information content (AvgIpc) is 2.72. The Bertz CT molecular complexity index is 1330. The molecule has 0 bridgehead atoms. The first-order valence-electron chi connectivity index (χ1n) is 8.53. The lowest BCUT2D eigenvalue weighted by molar-refractivity contribution is -0.113. The molecule has 0 radical (unpaired) electrons. The van der Waals surface area contributed by atoms with Crippen molar-refractivity contribution in [1.29, 1.82) is 5.26 Å². The summed E-state index contributed by atoms with van der Waals surface area (Å²) in [6.45, 7) is 0. The molecule has 0 saturated carbocycles. The van der Waals surface area contributed by atoms with E-state index in [1.165, 1.54) is 24.3 Å². The van der Waals surface area contributed by atoms with Gasteiger partial charge in [0.25, 0.3) is 5.56 Å². The number of nitrogens with one attached hydrogen (secondary N) is 2. The van der Waals surface area contributed by atoms with E-state index in [4.69, 9.17) is 5.14 Å². The van der Waals surface area contributed by atoms with Crippen molar-refractivity contribution in [2.75, 3.05) is 11.1 Å². The molecule has 0 unspecified atom stereocenters. The fourth-order valence-corrected chi connectivity index (χ4v) is 3.94. The first-order valence-corrected chi connectivity index (χ1v) is 11.9. The number of amides is 1. The number of aromatic amines is 1. The second-order valence-corrected chi connectivity index (χ2v) is 9.56. The number of anilines is 1. The summed E-state index contributed by atoms with van der Waals surface area (Å²) in [4.78, 5) is 31.3. The standard InChI is InChI=1S/C19H14BrN5O4S2/c20-12-3-1-11(2-4-12)17-15(9-21)18(27)25-19(24-17)30-10-16(26)23-13-5-7-14(8-6-13)31(22,28)29/h1-8H,10H2,(H,23,26)(H2,22,28,29)(H,24,25,27). The molecule has 158 valence electrons. The van der Waals surface area contributed by atoms with Gasteiger partial charge >= 0.3 is 0 Å². The molecule has 0 atom stereocenters. The first kappa shape index (κ1) is 22.7. The second-order valence-electron chi connectivity index (χ2n) is 6.12. The van der Waals surface area contributed by atoms with Crippen molar-refractivity contribution in [3.63, 3.8) is 0 Å². The zero-order chi connectivity index (χ0) is 22.6. The fourth-order valence-electron chi connectivity index (χ4n) is 2.50. The maximum atomic E-state index is 12.3. The molecular formula is C19H14BrN5O4S2. The van der Waals surface area contributed by atoms with Crippen molar-refractivity contribution in [2.45, 2.75) is 10.1 Å². The number of carbonyl (C=O) groups excluding carboxylic acids is 1. The summed E-state index contributed by atoms with van der Waals surface area (Å²) >= 11 is 4.31. The third-order valence-electron chi connectivity index (χ3n) is 3.93. The predicted octanol–water partition coefficient (Wildman–Crippen LogP) is 2.45. The fraction of sp³-hybridized carbons (Fsp3) is 0.0526. The summed E-state index contributed by atoms with van der Waals surface area (Å²) < 4.78 is 23.4. The highest BCUT2D eigenvalue weighted by Gasteiger charge is 2.15. The van der Waals surface area contributed by atoms with Crippen LogP contribution in [0.5, 0.6) is 0 Å². The van der Waals surface area contributed by atoms with E-state index in [2.05, 4.69) is 31.2 Å².